The second kappa shape index (κ2) is 10.7. The first-order valence-electron chi connectivity index (χ1n) is 10.3. The summed E-state index contributed by atoms with van der Waals surface area (Å²) < 4.78 is 5.04. The van der Waals surface area contributed by atoms with Crippen LogP contribution in [0.3, 0.4) is 0 Å². The summed E-state index contributed by atoms with van der Waals surface area (Å²) in [5.74, 6) is 0.112. The molecule has 0 unspecified atom stereocenters. The molecule has 8 nitrogen and oxygen atoms in total. The van der Waals surface area contributed by atoms with Crippen LogP contribution in [0.5, 0.6) is 5.75 Å². The Balaban J connectivity index is 1.51. The molecule has 1 saturated heterocycles. The maximum absolute atomic E-state index is 12.7. The van der Waals surface area contributed by atoms with Gasteiger partial charge in [0.15, 0.2) is 0 Å². The minimum atomic E-state index is -0.523. The number of nitrogens with one attached hydrogen (secondary N) is 1. The molecule has 0 radical (unpaired) electrons. The topological polar surface area (TPSA) is 88.0 Å². The quantitative estimate of drug-likeness (QED) is 0.517. The Morgan fingerprint density at radius 2 is 1.90 bits per heavy atom. The van der Waals surface area contributed by atoms with Crippen molar-refractivity contribution in [2.24, 2.45) is 0 Å². The molecular formula is C23H28N4O4. The lowest BCUT2D eigenvalue weighted by molar-refractivity contribution is -0.384. The highest BCUT2D eigenvalue weighted by atomic mass is 16.6. The number of ether oxygens (including phenoxy) is 1. The lowest BCUT2D eigenvalue weighted by Gasteiger charge is -2.37. The number of nitro groups is 1. The predicted molar refractivity (Wildman–Crippen MR) is 121 cm³/mol. The van der Waals surface area contributed by atoms with Crippen LogP contribution in [-0.4, -0.2) is 66.5 Å². The van der Waals surface area contributed by atoms with Crippen LogP contribution in [-0.2, 0) is 4.79 Å². The van der Waals surface area contributed by atoms with E-state index in [4.69, 9.17) is 4.74 Å². The SMILES string of the molecule is COc1ccc(NC(=O)[C@@H](C)N2CCN(C/C=C/c3ccccc3)CC2)c([N+](=O)[O-])c1. The van der Waals surface area contributed by atoms with Gasteiger partial charge in [0.1, 0.15) is 11.4 Å². The first-order chi connectivity index (χ1) is 15.0. The van der Waals surface area contributed by atoms with E-state index in [2.05, 4.69) is 39.4 Å². The maximum atomic E-state index is 12.7. The minimum Gasteiger partial charge on any atom is -0.496 e. The van der Waals surface area contributed by atoms with Crippen molar-refractivity contribution in [3.8, 4) is 5.75 Å². The molecule has 2 aromatic carbocycles. The summed E-state index contributed by atoms with van der Waals surface area (Å²) in [6, 6.07) is 14.2. The van der Waals surface area contributed by atoms with E-state index in [9.17, 15) is 14.9 Å². The van der Waals surface area contributed by atoms with Gasteiger partial charge in [0.2, 0.25) is 5.91 Å². The summed E-state index contributed by atoms with van der Waals surface area (Å²) >= 11 is 0. The fourth-order valence-electron chi connectivity index (χ4n) is 3.53. The van der Waals surface area contributed by atoms with Crippen molar-refractivity contribution in [3.05, 3.63) is 70.3 Å². The third-order valence-electron chi connectivity index (χ3n) is 5.47. The van der Waals surface area contributed by atoms with Crippen LogP contribution < -0.4 is 10.1 Å². The Kier molecular flexibility index (Phi) is 7.75. The number of nitrogens with zero attached hydrogens (tertiary/aromatic N) is 3. The molecule has 0 bridgehead atoms. The molecule has 1 aliphatic rings. The van der Waals surface area contributed by atoms with Crippen molar-refractivity contribution in [3.63, 3.8) is 0 Å². The summed E-state index contributed by atoms with van der Waals surface area (Å²) in [6.45, 7) is 5.94. The lowest BCUT2D eigenvalue weighted by atomic mass is 10.2. The molecule has 0 saturated carbocycles. The van der Waals surface area contributed by atoms with Crippen molar-refractivity contribution >= 4 is 23.4 Å². The van der Waals surface area contributed by atoms with Gasteiger partial charge in [-0.2, -0.15) is 0 Å². The van der Waals surface area contributed by atoms with Crippen molar-refractivity contribution < 1.29 is 14.5 Å². The van der Waals surface area contributed by atoms with Crippen molar-refractivity contribution in [1.29, 1.82) is 0 Å². The number of methoxy groups -OCH3 is 1. The van der Waals surface area contributed by atoms with Crippen LogP contribution in [0.1, 0.15) is 12.5 Å². The van der Waals surface area contributed by atoms with Crippen LogP contribution in [0, 0.1) is 10.1 Å². The van der Waals surface area contributed by atoms with E-state index >= 15 is 0 Å². The van der Waals surface area contributed by atoms with E-state index in [0.29, 0.717) is 5.75 Å². The highest BCUT2D eigenvalue weighted by Crippen LogP contribution is 2.29. The standard InChI is InChI=1S/C23H28N4O4/c1-18(23(28)24-21-11-10-20(31-2)17-22(21)27(29)30)26-15-13-25(14-16-26)12-6-9-19-7-4-3-5-8-19/h3-11,17-18H,12-16H2,1-2H3,(H,24,28)/b9-6+/t18-/m1/s1. The zero-order valence-corrected chi connectivity index (χ0v) is 17.9. The lowest BCUT2D eigenvalue weighted by Crippen LogP contribution is -2.52. The van der Waals surface area contributed by atoms with Gasteiger partial charge >= 0.3 is 0 Å². The summed E-state index contributed by atoms with van der Waals surface area (Å²) in [4.78, 5) is 28.0. The molecule has 1 N–H and O–H groups in total. The zero-order valence-electron chi connectivity index (χ0n) is 17.9. The van der Waals surface area contributed by atoms with E-state index in [-0.39, 0.29) is 23.3 Å². The number of nitro benzene ring substituents is 1. The molecule has 2 aromatic rings. The van der Waals surface area contributed by atoms with Gasteiger partial charge in [0, 0.05) is 32.7 Å². The number of hydrogen-bond donors (Lipinski definition) is 1. The fraction of sp³-hybridized carbons (Fsp3) is 0.348. The van der Waals surface area contributed by atoms with E-state index in [1.54, 1.807) is 6.07 Å². The molecule has 1 fully saturated rings. The number of carbonyl (C=O) groups is 1. The molecule has 0 spiro atoms. The molecule has 1 heterocycles. The highest BCUT2D eigenvalue weighted by molar-refractivity contribution is 5.96. The summed E-state index contributed by atoms with van der Waals surface area (Å²) in [5.41, 5.74) is 1.17. The molecule has 1 amide bonds. The van der Waals surface area contributed by atoms with E-state index in [1.165, 1.54) is 24.8 Å². The third-order valence-corrected chi connectivity index (χ3v) is 5.47. The second-order valence-corrected chi connectivity index (χ2v) is 7.46. The minimum absolute atomic E-state index is 0.173. The maximum Gasteiger partial charge on any atom is 0.296 e. The number of anilines is 1. The molecule has 1 aliphatic heterocycles. The van der Waals surface area contributed by atoms with Gasteiger partial charge in [0.05, 0.1) is 24.1 Å². The van der Waals surface area contributed by atoms with Crippen LogP contribution >= 0.6 is 0 Å². The van der Waals surface area contributed by atoms with Crippen LogP contribution in [0.4, 0.5) is 11.4 Å². The van der Waals surface area contributed by atoms with Crippen LogP contribution in [0.25, 0.3) is 6.08 Å². The second-order valence-electron chi connectivity index (χ2n) is 7.46. The van der Waals surface area contributed by atoms with Gasteiger partial charge in [0.25, 0.3) is 5.69 Å². The Morgan fingerprint density at radius 1 is 1.19 bits per heavy atom. The molecule has 1 atom stereocenters. The highest BCUT2D eigenvalue weighted by Gasteiger charge is 2.27. The van der Waals surface area contributed by atoms with Crippen LogP contribution in [0.2, 0.25) is 0 Å². The fourth-order valence-corrected chi connectivity index (χ4v) is 3.53. The summed E-state index contributed by atoms with van der Waals surface area (Å²) in [5, 5.41) is 14.0. The normalized spacial score (nSPS) is 16.2. The molecule has 0 aromatic heterocycles. The number of amides is 1. The number of rotatable bonds is 8. The summed E-state index contributed by atoms with van der Waals surface area (Å²) in [7, 11) is 1.44. The number of benzene rings is 2. The Labute approximate surface area is 182 Å². The van der Waals surface area contributed by atoms with Crippen molar-refractivity contribution in [2.75, 3.05) is 45.2 Å². The average Bonchev–Trinajstić information content (AvgIpc) is 2.80. The van der Waals surface area contributed by atoms with Crippen LogP contribution in [0.15, 0.2) is 54.6 Å². The van der Waals surface area contributed by atoms with Gasteiger partial charge in [-0.15, -0.1) is 0 Å². The Morgan fingerprint density at radius 3 is 2.55 bits per heavy atom. The molecule has 0 aliphatic carbocycles. The van der Waals surface area contributed by atoms with Gasteiger partial charge in [-0.25, -0.2) is 0 Å². The van der Waals surface area contributed by atoms with Gasteiger partial charge in [-0.3, -0.25) is 24.7 Å². The molecule has 8 heteroatoms. The van der Waals surface area contributed by atoms with Gasteiger partial charge in [-0.05, 0) is 24.6 Å². The number of carbonyl (C=O) groups excluding carboxylic acids is 1. The summed E-state index contributed by atoms with van der Waals surface area (Å²) in [6.07, 6.45) is 4.27. The van der Waals surface area contributed by atoms with Crippen molar-refractivity contribution in [1.82, 2.24) is 9.80 Å². The van der Waals surface area contributed by atoms with Gasteiger partial charge in [-0.1, -0.05) is 42.5 Å². The molecule has 3 rings (SSSR count). The average molecular weight is 425 g/mol. The van der Waals surface area contributed by atoms with Crippen molar-refractivity contribution in [2.45, 2.75) is 13.0 Å². The van der Waals surface area contributed by atoms with Gasteiger partial charge < -0.3 is 10.1 Å². The molecule has 31 heavy (non-hydrogen) atoms. The first-order valence-corrected chi connectivity index (χ1v) is 10.3. The Bertz CT molecular complexity index is 924. The first kappa shape index (κ1) is 22.5. The van der Waals surface area contributed by atoms with E-state index in [1.807, 2.05) is 25.1 Å². The number of hydrogen-bond acceptors (Lipinski definition) is 6. The predicted octanol–water partition coefficient (Wildman–Crippen LogP) is 3.26. The number of piperazine rings is 1. The third kappa shape index (κ3) is 6.13. The Hall–Kier alpha value is -3.23. The molecular weight excluding hydrogens is 396 g/mol. The van der Waals surface area contributed by atoms with E-state index in [0.717, 1.165) is 32.7 Å². The smallest absolute Gasteiger partial charge is 0.296 e. The van der Waals surface area contributed by atoms with E-state index < -0.39 is 4.92 Å². The molecule has 164 valence electrons. The largest absolute Gasteiger partial charge is 0.496 e. The zero-order chi connectivity index (χ0) is 22.2. The monoisotopic (exact) mass is 424 g/mol.